The minimum atomic E-state index is -3.50. The van der Waals surface area contributed by atoms with Gasteiger partial charge in [0.15, 0.2) is 21.3 Å². The molecular weight excluding hydrogens is 518 g/mol. The lowest BCUT2D eigenvalue weighted by Gasteiger charge is -2.18. The van der Waals surface area contributed by atoms with Gasteiger partial charge in [-0.1, -0.05) is 6.07 Å². The molecule has 1 N–H and O–H groups in total. The summed E-state index contributed by atoms with van der Waals surface area (Å²) in [6.07, 6.45) is 5.64. The van der Waals surface area contributed by atoms with Gasteiger partial charge in [0, 0.05) is 24.0 Å². The van der Waals surface area contributed by atoms with Crippen LogP contribution in [0.3, 0.4) is 0 Å². The number of hydrogen-bond acceptors (Lipinski definition) is 7. The third-order valence-electron chi connectivity index (χ3n) is 5.46. The maximum atomic E-state index is 13.2. The van der Waals surface area contributed by atoms with Crippen LogP contribution in [-0.2, 0) is 26.6 Å². The van der Waals surface area contributed by atoms with E-state index in [0.29, 0.717) is 22.2 Å². The van der Waals surface area contributed by atoms with Crippen LogP contribution in [0.5, 0.6) is 17.2 Å². The Kier molecular flexibility index (Phi) is 7.36. The van der Waals surface area contributed by atoms with Crippen LogP contribution in [-0.4, -0.2) is 42.0 Å². The molecule has 0 saturated heterocycles. The zero-order chi connectivity index (χ0) is 27.7. The molecule has 4 aromatic rings. The first-order valence-corrected chi connectivity index (χ1v) is 13.4. The lowest BCUT2D eigenvalue weighted by molar-refractivity contribution is -0.115. The van der Waals surface area contributed by atoms with Gasteiger partial charge in [-0.3, -0.25) is 14.5 Å². The van der Waals surface area contributed by atoms with E-state index < -0.39 is 16.4 Å². The number of alkyl halides is 2. The number of nitrogens with one attached hydrogen (secondary N) is 1. The number of rotatable bonds is 8. The maximum absolute atomic E-state index is 13.2. The van der Waals surface area contributed by atoms with Crippen molar-refractivity contribution in [3.05, 3.63) is 66.6 Å². The molecule has 200 valence electrons. The number of benzene rings is 2. The second-order valence-electron chi connectivity index (χ2n) is 9.59. The third kappa shape index (κ3) is 6.43. The summed E-state index contributed by atoms with van der Waals surface area (Å²) in [6, 6.07) is 10.1. The summed E-state index contributed by atoms with van der Waals surface area (Å²) in [7, 11) is -3.50. The normalized spacial score (nSPS) is 12.1. The van der Waals surface area contributed by atoms with Gasteiger partial charge in [-0.25, -0.2) is 8.42 Å². The Hall–Kier alpha value is -4.06. The molecule has 2 heterocycles. The minimum Gasteiger partial charge on any atom is -0.453 e. The Labute approximate surface area is 218 Å². The highest BCUT2D eigenvalue weighted by molar-refractivity contribution is 7.90. The number of ether oxygens (including phenoxy) is 2. The van der Waals surface area contributed by atoms with E-state index >= 15 is 0 Å². The van der Waals surface area contributed by atoms with Gasteiger partial charge in [-0.2, -0.15) is 13.9 Å². The van der Waals surface area contributed by atoms with Crippen molar-refractivity contribution in [1.82, 2.24) is 14.8 Å². The van der Waals surface area contributed by atoms with Gasteiger partial charge >= 0.3 is 6.61 Å². The topological polar surface area (TPSA) is 112 Å². The van der Waals surface area contributed by atoms with Gasteiger partial charge in [-0.15, -0.1) is 0 Å². The first-order valence-electron chi connectivity index (χ1n) is 11.5. The van der Waals surface area contributed by atoms with E-state index in [4.69, 9.17) is 4.74 Å². The van der Waals surface area contributed by atoms with E-state index in [-0.39, 0.29) is 40.0 Å². The second kappa shape index (κ2) is 10.4. The molecule has 0 aliphatic carbocycles. The van der Waals surface area contributed by atoms with Crippen molar-refractivity contribution >= 4 is 32.3 Å². The Morgan fingerprint density at radius 1 is 1.08 bits per heavy atom. The standard InChI is InChI=1S/C26H26F2N4O5S/c1-26(2,3)32-15-17(14-30-32)31-24(33)12-16-5-8-22(23(11-16)37-25(27)28)36-21-9-10-29-20-7-6-18(13-19(20)21)38(4,34)35/h5-11,13-15,25H,12H2,1-4H3,(H,31,33). The van der Waals surface area contributed by atoms with Crippen LogP contribution in [0.1, 0.15) is 26.3 Å². The molecule has 0 aliphatic heterocycles. The number of amides is 1. The molecular formula is C26H26F2N4O5S. The van der Waals surface area contributed by atoms with Crippen LogP contribution in [0.25, 0.3) is 10.9 Å². The second-order valence-corrected chi connectivity index (χ2v) is 11.6. The number of pyridine rings is 1. The molecule has 2 aromatic heterocycles. The van der Waals surface area contributed by atoms with Crippen molar-refractivity contribution in [2.45, 2.75) is 44.2 Å². The highest BCUT2D eigenvalue weighted by Gasteiger charge is 2.18. The number of carbonyl (C=O) groups is 1. The number of halogens is 2. The largest absolute Gasteiger partial charge is 0.453 e. The summed E-state index contributed by atoms with van der Waals surface area (Å²) < 4.78 is 62.7. The zero-order valence-corrected chi connectivity index (χ0v) is 21.9. The van der Waals surface area contributed by atoms with Gasteiger partial charge in [0.05, 0.1) is 34.3 Å². The molecule has 4 rings (SSSR count). The number of anilines is 1. The van der Waals surface area contributed by atoms with Crippen molar-refractivity contribution in [2.75, 3.05) is 11.6 Å². The summed E-state index contributed by atoms with van der Waals surface area (Å²) in [5.74, 6) is -0.502. The van der Waals surface area contributed by atoms with Crippen LogP contribution in [0.2, 0.25) is 0 Å². The quantitative estimate of drug-likeness (QED) is 0.326. The summed E-state index contributed by atoms with van der Waals surface area (Å²) in [5, 5.41) is 7.34. The van der Waals surface area contributed by atoms with Gasteiger partial charge in [0.1, 0.15) is 5.75 Å². The summed E-state index contributed by atoms with van der Waals surface area (Å²) in [4.78, 5) is 16.8. The van der Waals surface area contributed by atoms with Crippen molar-refractivity contribution < 1.29 is 31.5 Å². The molecule has 9 nitrogen and oxygen atoms in total. The number of carbonyl (C=O) groups excluding carboxylic acids is 1. The molecule has 0 radical (unpaired) electrons. The van der Waals surface area contributed by atoms with Gasteiger partial charge in [-0.05, 0) is 62.7 Å². The number of nitrogens with zero attached hydrogens (tertiary/aromatic N) is 3. The van der Waals surface area contributed by atoms with Crippen molar-refractivity contribution in [3.8, 4) is 17.2 Å². The highest BCUT2D eigenvalue weighted by Crippen LogP contribution is 2.37. The highest BCUT2D eigenvalue weighted by atomic mass is 32.2. The first-order chi connectivity index (χ1) is 17.8. The van der Waals surface area contributed by atoms with E-state index in [1.165, 1.54) is 48.8 Å². The predicted molar refractivity (Wildman–Crippen MR) is 138 cm³/mol. The SMILES string of the molecule is CC(C)(C)n1cc(NC(=O)Cc2ccc(Oc3ccnc4ccc(S(C)(=O)=O)cc34)c(OC(F)F)c2)cn1. The number of sulfone groups is 1. The Balaban J connectivity index is 1.59. The minimum absolute atomic E-state index is 0.0434. The van der Waals surface area contributed by atoms with Crippen LogP contribution < -0.4 is 14.8 Å². The average molecular weight is 545 g/mol. The molecule has 0 saturated carbocycles. The molecule has 38 heavy (non-hydrogen) atoms. The Morgan fingerprint density at radius 3 is 2.50 bits per heavy atom. The summed E-state index contributed by atoms with van der Waals surface area (Å²) >= 11 is 0. The van der Waals surface area contributed by atoms with Gasteiger partial charge in [0.25, 0.3) is 0 Å². The van der Waals surface area contributed by atoms with Crippen molar-refractivity contribution in [2.24, 2.45) is 0 Å². The first kappa shape index (κ1) is 27.0. The fourth-order valence-corrected chi connectivity index (χ4v) is 4.27. The van der Waals surface area contributed by atoms with Crippen LogP contribution in [0, 0.1) is 0 Å². The monoisotopic (exact) mass is 544 g/mol. The lowest BCUT2D eigenvalue weighted by atomic mass is 10.1. The third-order valence-corrected chi connectivity index (χ3v) is 6.57. The van der Waals surface area contributed by atoms with Crippen molar-refractivity contribution in [3.63, 3.8) is 0 Å². The van der Waals surface area contributed by atoms with E-state index in [2.05, 4.69) is 20.1 Å². The molecule has 12 heteroatoms. The number of fused-ring (bicyclic) bond motifs is 1. The zero-order valence-electron chi connectivity index (χ0n) is 21.1. The number of aromatic nitrogens is 3. The smallest absolute Gasteiger partial charge is 0.387 e. The fourth-order valence-electron chi connectivity index (χ4n) is 3.62. The molecule has 0 aliphatic rings. The number of hydrogen-bond donors (Lipinski definition) is 1. The summed E-state index contributed by atoms with van der Waals surface area (Å²) in [5.41, 5.74) is 1.11. The molecule has 2 aromatic carbocycles. The molecule has 0 unspecified atom stereocenters. The van der Waals surface area contributed by atoms with Crippen LogP contribution >= 0.6 is 0 Å². The molecule has 0 spiro atoms. The molecule has 0 atom stereocenters. The molecule has 0 bridgehead atoms. The Morgan fingerprint density at radius 2 is 1.84 bits per heavy atom. The Bertz CT molecular complexity index is 1600. The van der Waals surface area contributed by atoms with Crippen LogP contribution in [0.15, 0.2) is 66.0 Å². The van der Waals surface area contributed by atoms with E-state index in [1.54, 1.807) is 16.9 Å². The molecule has 0 fully saturated rings. The van der Waals surface area contributed by atoms with Crippen molar-refractivity contribution in [1.29, 1.82) is 0 Å². The van der Waals surface area contributed by atoms with E-state index in [9.17, 15) is 22.0 Å². The van der Waals surface area contributed by atoms with Gasteiger partial charge < -0.3 is 14.8 Å². The van der Waals surface area contributed by atoms with E-state index in [1.807, 2.05) is 20.8 Å². The average Bonchev–Trinajstić information content (AvgIpc) is 3.28. The molecule has 1 amide bonds. The fraction of sp³-hybridized carbons (Fsp3) is 0.269. The predicted octanol–water partition coefficient (Wildman–Crippen LogP) is 5.16. The van der Waals surface area contributed by atoms with Gasteiger partial charge in [0.2, 0.25) is 5.91 Å². The van der Waals surface area contributed by atoms with Crippen LogP contribution in [0.4, 0.5) is 14.5 Å². The van der Waals surface area contributed by atoms with E-state index in [0.717, 1.165) is 6.26 Å². The summed E-state index contributed by atoms with van der Waals surface area (Å²) in [6.45, 7) is 2.77. The maximum Gasteiger partial charge on any atom is 0.387 e. The lowest BCUT2D eigenvalue weighted by Crippen LogP contribution is -2.22.